The Morgan fingerprint density at radius 3 is 2.07 bits per heavy atom. The van der Waals surface area contributed by atoms with Crippen LogP contribution in [-0.2, 0) is 26.5 Å². The van der Waals surface area contributed by atoms with Crippen molar-refractivity contribution in [3.05, 3.63) is 46.9 Å². The average molecular weight is 661 g/mol. The zero-order chi connectivity index (χ0) is 33.0. The number of rotatable bonds is 13. The molecule has 46 heavy (non-hydrogen) atoms. The van der Waals surface area contributed by atoms with E-state index in [1.54, 1.807) is 32.9 Å². The number of ether oxygens (including phenoxy) is 5. The predicted molar refractivity (Wildman–Crippen MR) is 164 cm³/mol. The van der Waals surface area contributed by atoms with Crippen molar-refractivity contribution in [1.29, 1.82) is 0 Å². The molecule has 2 aromatic heterocycles. The molecule has 4 aromatic rings. The van der Waals surface area contributed by atoms with Gasteiger partial charge in [-0.1, -0.05) is 19.3 Å². The van der Waals surface area contributed by atoms with E-state index < -0.39 is 22.3 Å². The molecule has 14 heteroatoms. The van der Waals surface area contributed by atoms with E-state index in [0.717, 1.165) is 32.1 Å². The molecule has 1 fully saturated rings. The monoisotopic (exact) mass is 660 g/mol. The highest BCUT2D eigenvalue weighted by atomic mass is 32.3. The maximum Gasteiger partial charge on any atom is 0.446 e. The maximum absolute atomic E-state index is 13.2. The molecule has 1 aliphatic rings. The van der Waals surface area contributed by atoms with Crippen molar-refractivity contribution in [2.45, 2.75) is 59.5 Å². The Balaban J connectivity index is 1.54. The Hall–Kier alpha value is -4.43. The van der Waals surface area contributed by atoms with Gasteiger partial charge in [-0.15, -0.1) is 0 Å². The minimum absolute atomic E-state index is 0.0151. The minimum atomic E-state index is -4.94. The van der Waals surface area contributed by atoms with Crippen LogP contribution >= 0.6 is 0 Å². The summed E-state index contributed by atoms with van der Waals surface area (Å²) in [5.74, 6) is -0.441. The Morgan fingerprint density at radius 1 is 0.826 bits per heavy atom. The number of fused-ring (bicyclic) bond motifs is 2. The normalized spacial score (nSPS) is 13.9. The van der Waals surface area contributed by atoms with E-state index >= 15 is 0 Å². The lowest BCUT2D eigenvalue weighted by Crippen LogP contribution is -2.16. The van der Waals surface area contributed by atoms with Gasteiger partial charge in [0.05, 0.1) is 26.9 Å². The van der Waals surface area contributed by atoms with Crippen molar-refractivity contribution in [3.8, 4) is 23.0 Å². The molecule has 0 atom stereocenters. The van der Waals surface area contributed by atoms with Crippen molar-refractivity contribution < 1.29 is 59.3 Å². The standard InChI is InChI=1S/C32H36O13S/c1-5-39-31(33)29-18(3)43-22-14-24(38-4)25(12-20(22)29)42-17-28-30(32(34)40-6-2)21-13-27(45-46(35,36)37)26(15-23(21)44-28)41-16-19-10-8-7-9-11-19/h12-15,19H,5-11,16-17H2,1-4H3,(H,35,36,37). The van der Waals surface area contributed by atoms with E-state index in [2.05, 4.69) is 0 Å². The first kappa shape index (κ1) is 32.9. The van der Waals surface area contributed by atoms with Gasteiger partial charge >= 0.3 is 22.3 Å². The molecule has 0 unspecified atom stereocenters. The molecule has 1 saturated carbocycles. The molecular weight excluding hydrogens is 624 g/mol. The SMILES string of the molecule is CCOC(=O)c1c(C)oc2cc(OC)c(OCc3oc4cc(OCC5CCCCC5)c(OS(=O)(=O)O)cc4c3C(=O)OCC)cc12. The van der Waals surface area contributed by atoms with Crippen LogP contribution in [0.25, 0.3) is 21.9 Å². The number of furan rings is 2. The van der Waals surface area contributed by atoms with Crippen LogP contribution in [0.2, 0.25) is 0 Å². The van der Waals surface area contributed by atoms with Crippen LogP contribution in [0.5, 0.6) is 23.0 Å². The second-order valence-electron chi connectivity index (χ2n) is 10.8. The largest absolute Gasteiger partial charge is 0.493 e. The van der Waals surface area contributed by atoms with Gasteiger partial charge < -0.3 is 36.7 Å². The van der Waals surface area contributed by atoms with E-state index in [0.29, 0.717) is 23.3 Å². The van der Waals surface area contributed by atoms with Gasteiger partial charge in [0.15, 0.2) is 28.8 Å². The Bertz CT molecular complexity index is 1840. The number of esters is 2. The number of carbonyl (C=O) groups excluding carboxylic acids is 2. The lowest BCUT2D eigenvalue weighted by molar-refractivity contribution is 0.0514. The van der Waals surface area contributed by atoms with Gasteiger partial charge in [-0.25, -0.2) is 9.59 Å². The molecule has 13 nitrogen and oxygen atoms in total. The summed E-state index contributed by atoms with van der Waals surface area (Å²) in [6.45, 7) is 5.20. The van der Waals surface area contributed by atoms with Crippen LogP contribution < -0.4 is 18.4 Å². The number of hydrogen-bond acceptors (Lipinski definition) is 12. The summed E-state index contributed by atoms with van der Waals surface area (Å²) in [6.07, 6.45) is 5.26. The zero-order valence-corrected chi connectivity index (χ0v) is 26.8. The van der Waals surface area contributed by atoms with Crippen LogP contribution in [-0.4, -0.2) is 51.8 Å². The molecule has 0 aliphatic heterocycles. The summed E-state index contributed by atoms with van der Waals surface area (Å²) in [5, 5.41) is 0.590. The van der Waals surface area contributed by atoms with Crippen LogP contribution in [0.1, 0.15) is 78.2 Å². The zero-order valence-electron chi connectivity index (χ0n) is 26.0. The second-order valence-corrected chi connectivity index (χ2v) is 11.8. The van der Waals surface area contributed by atoms with Gasteiger partial charge in [-0.05, 0) is 51.7 Å². The number of hydrogen-bond donors (Lipinski definition) is 1. The van der Waals surface area contributed by atoms with Gasteiger partial charge in [0, 0.05) is 22.9 Å². The number of methoxy groups -OCH3 is 1. The molecule has 1 N–H and O–H groups in total. The molecule has 0 amide bonds. The summed E-state index contributed by atoms with van der Waals surface area (Å²) in [6, 6.07) is 5.78. The molecule has 5 rings (SSSR count). The molecule has 0 saturated heterocycles. The van der Waals surface area contributed by atoms with Crippen molar-refractivity contribution in [2.75, 3.05) is 26.9 Å². The van der Waals surface area contributed by atoms with Crippen molar-refractivity contribution in [2.24, 2.45) is 5.92 Å². The molecule has 2 aromatic carbocycles. The van der Waals surface area contributed by atoms with Crippen LogP contribution in [0.3, 0.4) is 0 Å². The van der Waals surface area contributed by atoms with Crippen LogP contribution in [0.15, 0.2) is 33.1 Å². The van der Waals surface area contributed by atoms with Gasteiger partial charge in [0.25, 0.3) is 0 Å². The maximum atomic E-state index is 13.2. The first-order chi connectivity index (χ1) is 22.0. The first-order valence-corrected chi connectivity index (χ1v) is 16.4. The molecule has 2 heterocycles. The summed E-state index contributed by atoms with van der Waals surface area (Å²) < 4.78 is 77.6. The van der Waals surface area contributed by atoms with Gasteiger partial charge in [0.1, 0.15) is 34.7 Å². The second kappa shape index (κ2) is 13.9. The van der Waals surface area contributed by atoms with Gasteiger partial charge in [0.2, 0.25) is 0 Å². The lowest BCUT2D eigenvalue weighted by Gasteiger charge is -2.22. The van der Waals surface area contributed by atoms with Crippen molar-refractivity contribution in [1.82, 2.24) is 0 Å². The summed E-state index contributed by atoms with van der Waals surface area (Å²) in [7, 11) is -3.50. The highest BCUT2D eigenvalue weighted by Gasteiger charge is 2.28. The molecular formula is C32H36O13S. The highest BCUT2D eigenvalue weighted by molar-refractivity contribution is 7.81. The summed E-state index contributed by atoms with van der Waals surface area (Å²) in [5.41, 5.74) is 0.753. The molecule has 0 bridgehead atoms. The third kappa shape index (κ3) is 7.18. The van der Waals surface area contributed by atoms with Crippen LogP contribution in [0, 0.1) is 12.8 Å². The predicted octanol–water partition coefficient (Wildman–Crippen LogP) is 6.57. The highest BCUT2D eigenvalue weighted by Crippen LogP contribution is 2.41. The Labute approximate surface area is 265 Å². The molecule has 0 radical (unpaired) electrons. The number of aryl methyl sites for hydroxylation is 1. The van der Waals surface area contributed by atoms with Crippen molar-refractivity contribution >= 4 is 44.3 Å². The first-order valence-electron chi connectivity index (χ1n) is 15.0. The number of benzene rings is 2. The average Bonchev–Trinajstić information content (AvgIpc) is 3.53. The lowest BCUT2D eigenvalue weighted by atomic mass is 9.90. The van der Waals surface area contributed by atoms with Crippen molar-refractivity contribution in [3.63, 3.8) is 0 Å². The number of carbonyl (C=O) groups is 2. The van der Waals surface area contributed by atoms with Gasteiger partial charge in [-0.2, -0.15) is 8.42 Å². The Morgan fingerprint density at radius 2 is 1.41 bits per heavy atom. The topological polar surface area (TPSA) is 170 Å². The molecule has 248 valence electrons. The fourth-order valence-corrected chi connectivity index (χ4v) is 5.99. The third-order valence-corrected chi connectivity index (χ3v) is 8.08. The van der Waals surface area contributed by atoms with E-state index in [-0.39, 0.29) is 76.6 Å². The van der Waals surface area contributed by atoms with Crippen LogP contribution in [0.4, 0.5) is 0 Å². The fourth-order valence-electron chi connectivity index (χ4n) is 5.64. The smallest absolute Gasteiger partial charge is 0.446 e. The quantitative estimate of drug-likeness (QED) is 0.121. The fraction of sp³-hybridized carbons (Fsp3) is 0.438. The van der Waals surface area contributed by atoms with Gasteiger partial charge in [-0.3, -0.25) is 4.55 Å². The molecule has 1 aliphatic carbocycles. The summed E-state index contributed by atoms with van der Waals surface area (Å²) in [4.78, 5) is 25.8. The minimum Gasteiger partial charge on any atom is -0.493 e. The van der Waals surface area contributed by atoms with E-state index in [1.807, 2.05) is 0 Å². The van der Waals surface area contributed by atoms with E-state index in [9.17, 15) is 22.6 Å². The van der Waals surface area contributed by atoms with E-state index in [4.69, 9.17) is 36.7 Å². The molecule has 0 spiro atoms. The van der Waals surface area contributed by atoms with E-state index in [1.165, 1.54) is 19.2 Å². The Kier molecular flexibility index (Phi) is 9.97. The third-order valence-electron chi connectivity index (χ3n) is 7.69. The summed E-state index contributed by atoms with van der Waals surface area (Å²) >= 11 is 0.